The third kappa shape index (κ3) is 7.51. The van der Waals surface area contributed by atoms with Crippen LogP contribution in [0, 0.1) is 11.3 Å². The molecule has 0 aliphatic heterocycles. The topological polar surface area (TPSA) is 58.6 Å². The zero-order valence-electron chi connectivity index (χ0n) is 15.1. The van der Waals surface area contributed by atoms with Crippen molar-refractivity contribution in [2.75, 3.05) is 13.2 Å². The van der Waals surface area contributed by atoms with E-state index in [1.54, 1.807) is 0 Å². The molecule has 1 atom stereocenters. The van der Waals surface area contributed by atoms with Gasteiger partial charge in [0.2, 0.25) is 0 Å². The predicted molar refractivity (Wildman–Crippen MR) is 93.4 cm³/mol. The summed E-state index contributed by atoms with van der Waals surface area (Å²) in [5, 5.41) is 12.9. The van der Waals surface area contributed by atoms with Crippen molar-refractivity contribution in [2.24, 2.45) is 11.3 Å². The van der Waals surface area contributed by atoms with Gasteiger partial charge >= 0.3 is 6.09 Å². The molecule has 0 saturated carbocycles. The van der Waals surface area contributed by atoms with E-state index in [9.17, 15) is 9.90 Å². The summed E-state index contributed by atoms with van der Waals surface area (Å²) in [7, 11) is 0. The number of aliphatic hydroxyl groups excluding tert-OH is 1. The van der Waals surface area contributed by atoms with E-state index in [4.69, 9.17) is 4.74 Å². The van der Waals surface area contributed by atoms with Crippen LogP contribution in [-0.2, 0) is 11.2 Å². The summed E-state index contributed by atoms with van der Waals surface area (Å²) in [6, 6.07) is 10.1. The van der Waals surface area contributed by atoms with E-state index in [0.717, 1.165) is 18.4 Å². The van der Waals surface area contributed by atoms with Crippen molar-refractivity contribution in [1.29, 1.82) is 0 Å². The molecule has 2 N–H and O–H groups in total. The number of nitrogens with one attached hydrogen (secondary N) is 1. The minimum Gasteiger partial charge on any atom is -0.444 e. The van der Waals surface area contributed by atoms with Gasteiger partial charge in [0, 0.05) is 12.0 Å². The molecule has 0 spiro atoms. The number of benzene rings is 1. The van der Waals surface area contributed by atoms with Gasteiger partial charge in [-0.15, -0.1) is 0 Å². The first kappa shape index (κ1) is 19.5. The van der Waals surface area contributed by atoms with Crippen molar-refractivity contribution in [3.05, 3.63) is 35.9 Å². The lowest BCUT2D eigenvalue weighted by Gasteiger charge is -2.34. The molecular formula is C19H31NO3. The zero-order valence-corrected chi connectivity index (χ0v) is 15.1. The summed E-state index contributed by atoms with van der Waals surface area (Å²) in [4.78, 5) is 11.9. The monoisotopic (exact) mass is 321 g/mol. The van der Waals surface area contributed by atoms with Crippen LogP contribution in [0.1, 0.15) is 46.6 Å². The highest BCUT2D eigenvalue weighted by molar-refractivity contribution is 5.67. The number of rotatable bonds is 7. The lowest BCUT2D eigenvalue weighted by molar-refractivity contribution is 0.0440. The van der Waals surface area contributed by atoms with Crippen LogP contribution in [0.15, 0.2) is 30.3 Å². The maximum absolute atomic E-state index is 11.9. The fraction of sp³-hybridized carbons (Fsp3) is 0.632. The number of hydrogen-bond acceptors (Lipinski definition) is 3. The van der Waals surface area contributed by atoms with Gasteiger partial charge in [-0.1, -0.05) is 44.2 Å². The lowest BCUT2D eigenvalue weighted by Crippen LogP contribution is -2.44. The number of ether oxygens (including phenoxy) is 1. The zero-order chi connectivity index (χ0) is 17.5. The third-order valence-corrected chi connectivity index (χ3v) is 3.61. The van der Waals surface area contributed by atoms with Gasteiger partial charge in [-0.25, -0.2) is 4.79 Å². The highest BCUT2D eigenvalue weighted by atomic mass is 16.6. The first-order valence-corrected chi connectivity index (χ1v) is 8.27. The molecule has 0 aromatic heterocycles. The van der Waals surface area contributed by atoms with Crippen molar-refractivity contribution >= 4 is 6.09 Å². The number of alkyl carbamates (subject to hydrolysis) is 1. The van der Waals surface area contributed by atoms with Gasteiger partial charge in [0.15, 0.2) is 0 Å². The Hall–Kier alpha value is -1.55. The van der Waals surface area contributed by atoms with Crippen LogP contribution >= 0.6 is 0 Å². The molecule has 1 rings (SSSR count). The van der Waals surface area contributed by atoms with E-state index in [0.29, 0.717) is 12.5 Å². The van der Waals surface area contributed by atoms with Crippen LogP contribution in [0.4, 0.5) is 4.79 Å². The smallest absolute Gasteiger partial charge is 0.407 e. The molecule has 130 valence electrons. The maximum atomic E-state index is 11.9. The molecule has 0 aliphatic rings. The average Bonchev–Trinajstić information content (AvgIpc) is 2.43. The minimum atomic E-state index is -0.524. The molecule has 4 heteroatoms. The second-order valence-electron chi connectivity index (χ2n) is 7.77. The number of aliphatic hydroxyl groups is 1. The van der Waals surface area contributed by atoms with Crippen LogP contribution in [0.3, 0.4) is 0 Å². The molecule has 1 unspecified atom stereocenters. The largest absolute Gasteiger partial charge is 0.444 e. The van der Waals surface area contributed by atoms with Crippen LogP contribution in [-0.4, -0.2) is 30.0 Å². The number of amides is 1. The summed E-state index contributed by atoms with van der Waals surface area (Å²) < 4.78 is 5.30. The highest BCUT2D eigenvalue weighted by Crippen LogP contribution is 2.30. The van der Waals surface area contributed by atoms with Crippen LogP contribution < -0.4 is 5.32 Å². The van der Waals surface area contributed by atoms with E-state index in [1.807, 2.05) is 39.0 Å². The maximum Gasteiger partial charge on any atom is 0.407 e. The summed E-state index contributed by atoms with van der Waals surface area (Å²) in [5.74, 6) is 0.422. The van der Waals surface area contributed by atoms with Gasteiger partial charge in [0.25, 0.3) is 0 Å². The molecule has 0 saturated heterocycles. The minimum absolute atomic E-state index is 0.0237. The Labute approximate surface area is 140 Å². The molecule has 1 aromatic carbocycles. The molecule has 1 aromatic rings. The predicted octanol–water partition coefficient (Wildman–Crippen LogP) is 3.78. The van der Waals surface area contributed by atoms with Gasteiger partial charge in [-0.05, 0) is 45.1 Å². The Morgan fingerprint density at radius 2 is 1.83 bits per heavy atom. The number of hydrogen-bond donors (Lipinski definition) is 2. The fourth-order valence-corrected chi connectivity index (χ4v) is 2.85. The standard InChI is InChI=1S/C19H31NO3/c1-15(2)11-19(14-21,12-16-9-7-6-8-10-16)13-20-17(22)23-18(3,4)5/h6-10,15,21H,11-14H2,1-5H3,(H,20,22). The van der Waals surface area contributed by atoms with E-state index in [-0.39, 0.29) is 12.0 Å². The van der Waals surface area contributed by atoms with Crippen molar-refractivity contribution in [3.8, 4) is 0 Å². The second kappa shape index (κ2) is 8.34. The Kier molecular flexibility index (Phi) is 7.07. The number of carbonyl (C=O) groups excluding carboxylic acids is 1. The van der Waals surface area contributed by atoms with Crippen molar-refractivity contribution in [3.63, 3.8) is 0 Å². The van der Waals surface area contributed by atoms with Gasteiger partial charge in [0.1, 0.15) is 5.60 Å². The van der Waals surface area contributed by atoms with E-state index < -0.39 is 11.7 Å². The van der Waals surface area contributed by atoms with E-state index in [2.05, 4.69) is 31.3 Å². The summed E-state index contributed by atoms with van der Waals surface area (Å²) in [6.07, 6.45) is 1.11. The quantitative estimate of drug-likeness (QED) is 0.803. The molecule has 0 radical (unpaired) electrons. The molecule has 23 heavy (non-hydrogen) atoms. The lowest BCUT2D eigenvalue weighted by atomic mass is 9.76. The molecule has 0 bridgehead atoms. The summed E-state index contributed by atoms with van der Waals surface area (Å²) in [5.41, 5.74) is 0.253. The van der Waals surface area contributed by atoms with Gasteiger partial charge in [0.05, 0.1) is 6.61 Å². The Balaban J connectivity index is 2.80. The first-order chi connectivity index (χ1) is 10.7. The average molecular weight is 321 g/mol. The summed E-state index contributed by atoms with van der Waals surface area (Å²) >= 11 is 0. The molecule has 0 fully saturated rings. The molecule has 1 amide bonds. The Bertz CT molecular complexity index is 479. The van der Waals surface area contributed by atoms with Crippen molar-refractivity contribution in [1.82, 2.24) is 5.32 Å². The first-order valence-electron chi connectivity index (χ1n) is 8.27. The summed E-state index contributed by atoms with van der Waals surface area (Å²) in [6.45, 7) is 10.2. The molecular weight excluding hydrogens is 290 g/mol. The van der Waals surface area contributed by atoms with Gasteiger partial charge in [-0.2, -0.15) is 0 Å². The van der Waals surface area contributed by atoms with E-state index >= 15 is 0 Å². The van der Waals surface area contributed by atoms with Crippen LogP contribution in [0.2, 0.25) is 0 Å². The third-order valence-electron chi connectivity index (χ3n) is 3.61. The molecule has 0 heterocycles. The van der Waals surface area contributed by atoms with Crippen molar-refractivity contribution in [2.45, 2.75) is 53.1 Å². The normalized spacial score (nSPS) is 14.4. The second-order valence-corrected chi connectivity index (χ2v) is 7.77. The van der Waals surface area contributed by atoms with Crippen LogP contribution in [0.25, 0.3) is 0 Å². The fourth-order valence-electron chi connectivity index (χ4n) is 2.85. The van der Waals surface area contributed by atoms with Gasteiger partial charge in [-0.3, -0.25) is 0 Å². The van der Waals surface area contributed by atoms with Gasteiger partial charge < -0.3 is 15.2 Å². The number of carbonyl (C=O) groups is 1. The Morgan fingerprint density at radius 1 is 1.22 bits per heavy atom. The Morgan fingerprint density at radius 3 is 2.30 bits per heavy atom. The van der Waals surface area contributed by atoms with E-state index in [1.165, 1.54) is 0 Å². The SMILES string of the molecule is CC(C)CC(CO)(CNC(=O)OC(C)(C)C)Cc1ccccc1. The van der Waals surface area contributed by atoms with Crippen molar-refractivity contribution < 1.29 is 14.6 Å². The molecule has 4 nitrogen and oxygen atoms in total. The van der Waals surface area contributed by atoms with Crippen LogP contribution in [0.5, 0.6) is 0 Å². The highest BCUT2D eigenvalue weighted by Gasteiger charge is 2.32. The molecule has 0 aliphatic carbocycles.